The monoisotopic (exact) mass is 244 g/mol. The van der Waals surface area contributed by atoms with Crippen LogP contribution in [0.3, 0.4) is 0 Å². The summed E-state index contributed by atoms with van der Waals surface area (Å²) in [5, 5.41) is 0.807. The highest BCUT2D eigenvalue weighted by Gasteiger charge is 2.11. The molecular formula is C12H12N4S. The van der Waals surface area contributed by atoms with Gasteiger partial charge in [0.1, 0.15) is 0 Å². The van der Waals surface area contributed by atoms with Gasteiger partial charge in [-0.2, -0.15) is 0 Å². The van der Waals surface area contributed by atoms with Crippen molar-refractivity contribution in [3.8, 4) is 10.7 Å². The third kappa shape index (κ3) is 1.68. The smallest absolute Gasteiger partial charge is 0.178 e. The molecule has 4 nitrogen and oxygen atoms in total. The molecule has 0 saturated heterocycles. The molecule has 17 heavy (non-hydrogen) atoms. The molecule has 3 aromatic heterocycles. The van der Waals surface area contributed by atoms with Crippen molar-refractivity contribution in [2.24, 2.45) is 0 Å². The highest BCUT2D eigenvalue weighted by molar-refractivity contribution is 7.19. The molecule has 0 atom stereocenters. The lowest BCUT2D eigenvalue weighted by atomic mass is 10.3. The second-order valence-corrected chi connectivity index (χ2v) is 5.21. The van der Waals surface area contributed by atoms with E-state index >= 15 is 0 Å². The second-order valence-electron chi connectivity index (χ2n) is 4.13. The molecule has 0 aliphatic heterocycles. The van der Waals surface area contributed by atoms with Crippen LogP contribution < -0.4 is 5.73 Å². The summed E-state index contributed by atoms with van der Waals surface area (Å²) in [6.45, 7) is 4.05. The molecule has 0 bridgehead atoms. The van der Waals surface area contributed by atoms with Crippen LogP contribution in [0.1, 0.15) is 11.1 Å². The normalized spacial score (nSPS) is 11.2. The Morgan fingerprint density at radius 1 is 1.29 bits per heavy atom. The van der Waals surface area contributed by atoms with E-state index in [0.29, 0.717) is 0 Å². The highest BCUT2D eigenvalue weighted by atomic mass is 32.1. The first-order valence-corrected chi connectivity index (χ1v) is 6.14. The summed E-state index contributed by atoms with van der Waals surface area (Å²) in [5.74, 6) is 0.845. The quantitative estimate of drug-likeness (QED) is 0.691. The van der Waals surface area contributed by atoms with E-state index in [1.165, 1.54) is 0 Å². The molecule has 3 aromatic rings. The number of nitrogen functional groups attached to an aromatic ring is 1. The number of pyridine rings is 1. The Hall–Kier alpha value is -1.88. The molecule has 0 aliphatic rings. The highest BCUT2D eigenvalue weighted by Crippen LogP contribution is 2.32. The molecule has 3 rings (SSSR count). The van der Waals surface area contributed by atoms with Crippen LogP contribution in [0.4, 0.5) is 5.00 Å². The Labute approximate surface area is 103 Å². The van der Waals surface area contributed by atoms with Crippen molar-refractivity contribution in [3.63, 3.8) is 0 Å². The molecule has 0 fully saturated rings. The third-order valence-electron chi connectivity index (χ3n) is 2.63. The Morgan fingerprint density at radius 3 is 2.82 bits per heavy atom. The van der Waals surface area contributed by atoms with Gasteiger partial charge in [-0.3, -0.25) is 0 Å². The van der Waals surface area contributed by atoms with Crippen molar-refractivity contribution in [2.45, 2.75) is 13.8 Å². The number of imidazole rings is 1. The third-order valence-corrected chi connectivity index (χ3v) is 3.70. The average molecular weight is 244 g/mol. The van der Waals surface area contributed by atoms with Gasteiger partial charge in [0.25, 0.3) is 0 Å². The first-order valence-electron chi connectivity index (χ1n) is 5.32. The van der Waals surface area contributed by atoms with E-state index in [-0.39, 0.29) is 0 Å². The molecule has 0 spiro atoms. The number of aromatic amines is 1. The summed E-state index contributed by atoms with van der Waals surface area (Å²) < 4.78 is 0. The Morgan fingerprint density at radius 2 is 2.12 bits per heavy atom. The van der Waals surface area contributed by atoms with Gasteiger partial charge < -0.3 is 10.7 Å². The number of rotatable bonds is 1. The summed E-state index contributed by atoms with van der Waals surface area (Å²) in [6.07, 6.45) is 1.82. The molecule has 0 saturated carbocycles. The topological polar surface area (TPSA) is 67.6 Å². The fourth-order valence-electron chi connectivity index (χ4n) is 1.85. The summed E-state index contributed by atoms with van der Waals surface area (Å²) in [5.41, 5.74) is 9.77. The first-order chi connectivity index (χ1) is 8.13. The van der Waals surface area contributed by atoms with E-state index in [4.69, 9.17) is 5.73 Å². The maximum absolute atomic E-state index is 5.80. The van der Waals surface area contributed by atoms with Gasteiger partial charge in [-0.15, -0.1) is 11.3 Å². The summed E-state index contributed by atoms with van der Waals surface area (Å²) in [7, 11) is 0. The Balaban J connectivity index is 2.21. The van der Waals surface area contributed by atoms with Crippen LogP contribution >= 0.6 is 11.3 Å². The predicted molar refractivity (Wildman–Crippen MR) is 71.1 cm³/mol. The van der Waals surface area contributed by atoms with Crippen molar-refractivity contribution in [1.29, 1.82) is 0 Å². The van der Waals surface area contributed by atoms with Crippen LogP contribution in [-0.2, 0) is 0 Å². The van der Waals surface area contributed by atoms with Gasteiger partial charge in [0.15, 0.2) is 11.5 Å². The van der Waals surface area contributed by atoms with E-state index in [9.17, 15) is 0 Å². The summed E-state index contributed by atoms with van der Waals surface area (Å²) in [4.78, 5) is 13.2. The van der Waals surface area contributed by atoms with Crippen molar-refractivity contribution >= 4 is 27.5 Å². The lowest BCUT2D eigenvalue weighted by molar-refractivity contribution is 1.28. The van der Waals surface area contributed by atoms with Crippen LogP contribution in [0.2, 0.25) is 0 Å². The number of fused-ring (bicyclic) bond motifs is 1. The second kappa shape index (κ2) is 3.56. The standard InChI is InChI=1S/C12H12N4S/c1-6-3-8-11(14-5-6)16-12(15-8)10-7(2)4-9(13)17-10/h3-5H,13H2,1-2H3,(H,14,15,16). The van der Waals surface area contributed by atoms with Crippen LogP contribution in [0, 0.1) is 13.8 Å². The molecule has 5 heteroatoms. The lowest BCUT2D eigenvalue weighted by Crippen LogP contribution is -1.78. The molecule has 3 N–H and O–H groups in total. The molecular weight excluding hydrogens is 232 g/mol. The predicted octanol–water partition coefficient (Wildman–Crippen LogP) is 2.89. The minimum Gasteiger partial charge on any atom is -0.391 e. The molecule has 0 aliphatic carbocycles. The average Bonchev–Trinajstić information content (AvgIpc) is 2.80. The van der Waals surface area contributed by atoms with Gasteiger partial charge in [-0.1, -0.05) is 0 Å². The van der Waals surface area contributed by atoms with Crippen molar-refractivity contribution in [2.75, 3.05) is 5.73 Å². The molecule has 0 unspecified atom stereocenters. The molecule has 0 amide bonds. The van der Waals surface area contributed by atoms with Gasteiger partial charge in [0.05, 0.1) is 15.4 Å². The molecule has 86 valence electrons. The fourth-order valence-corrected chi connectivity index (χ4v) is 2.74. The number of nitrogens with zero attached hydrogens (tertiary/aromatic N) is 2. The molecule has 0 aromatic carbocycles. The van der Waals surface area contributed by atoms with Crippen molar-refractivity contribution in [3.05, 3.63) is 29.5 Å². The minimum atomic E-state index is 0.747. The largest absolute Gasteiger partial charge is 0.391 e. The lowest BCUT2D eigenvalue weighted by Gasteiger charge is -1.91. The number of anilines is 1. The summed E-state index contributed by atoms with van der Waals surface area (Å²) >= 11 is 1.54. The Bertz CT molecular complexity index is 696. The number of aromatic nitrogens is 3. The van der Waals surface area contributed by atoms with Gasteiger partial charge in [0.2, 0.25) is 0 Å². The van der Waals surface area contributed by atoms with Gasteiger partial charge in [-0.05, 0) is 37.1 Å². The number of thiophene rings is 1. The maximum Gasteiger partial charge on any atom is 0.178 e. The van der Waals surface area contributed by atoms with E-state index in [1.807, 2.05) is 32.2 Å². The zero-order valence-corrected chi connectivity index (χ0v) is 10.4. The number of nitrogens with two attached hydrogens (primary N) is 1. The SMILES string of the molecule is Cc1cnc2nc(-c3sc(N)cc3C)[nH]c2c1. The van der Waals surface area contributed by atoms with Gasteiger partial charge in [0, 0.05) is 6.20 Å². The zero-order chi connectivity index (χ0) is 12.0. The van der Waals surface area contributed by atoms with Crippen LogP contribution in [0.25, 0.3) is 21.9 Å². The number of aryl methyl sites for hydroxylation is 2. The van der Waals surface area contributed by atoms with E-state index in [2.05, 4.69) is 15.0 Å². The first kappa shape index (κ1) is 10.3. The number of nitrogens with one attached hydrogen (secondary N) is 1. The summed E-state index contributed by atoms with van der Waals surface area (Å²) in [6, 6.07) is 4.01. The van der Waals surface area contributed by atoms with Crippen molar-refractivity contribution in [1.82, 2.24) is 15.0 Å². The van der Waals surface area contributed by atoms with Crippen molar-refractivity contribution < 1.29 is 0 Å². The Kier molecular flexibility index (Phi) is 2.16. The van der Waals surface area contributed by atoms with Crippen LogP contribution in [0.15, 0.2) is 18.3 Å². The van der Waals surface area contributed by atoms with E-state index in [0.717, 1.165) is 38.0 Å². The fraction of sp³-hybridized carbons (Fsp3) is 0.167. The van der Waals surface area contributed by atoms with Gasteiger partial charge >= 0.3 is 0 Å². The molecule has 3 heterocycles. The van der Waals surface area contributed by atoms with E-state index < -0.39 is 0 Å². The van der Waals surface area contributed by atoms with Gasteiger partial charge in [-0.25, -0.2) is 9.97 Å². The molecule has 0 radical (unpaired) electrons. The zero-order valence-electron chi connectivity index (χ0n) is 9.61. The number of hydrogen-bond donors (Lipinski definition) is 2. The van der Waals surface area contributed by atoms with Crippen LogP contribution in [0.5, 0.6) is 0 Å². The van der Waals surface area contributed by atoms with Crippen LogP contribution in [-0.4, -0.2) is 15.0 Å². The maximum atomic E-state index is 5.80. The number of hydrogen-bond acceptors (Lipinski definition) is 4. The minimum absolute atomic E-state index is 0.747. The number of H-pyrrole nitrogens is 1. The van der Waals surface area contributed by atoms with E-state index in [1.54, 1.807) is 11.3 Å².